The first-order chi connectivity index (χ1) is 8.49. The number of anilines is 1. The maximum atomic E-state index is 4.72. The number of rotatable bonds is 4. The molecule has 1 aromatic rings. The lowest BCUT2D eigenvalue weighted by Gasteiger charge is -2.32. The number of nitrogens with one attached hydrogen (secondary N) is 1. The van der Waals surface area contributed by atoms with Crippen LogP contribution in [0.2, 0.25) is 0 Å². The van der Waals surface area contributed by atoms with Crippen molar-refractivity contribution in [3.8, 4) is 0 Å². The highest BCUT2D eigenvalue weighted by Gasteiger charge is 2.32. The Bertz CT molecular complexity index is 401. The van der Waals surface area contributed by atoms with Crippen LogP contribution in [-0.4, -0.2) is 28.1 Å². The summed E-state index contributed by atoms with van der Waals surface area (Å²) in [6.07, 6.45) is 6.19. The van der Waals surface area contributed by atoms with Crippen LogP contribution in [0.15, 0.2) is 12.4 Å². The van der Waals surface area contributed by atoms with Crippen LogP contribution in [0.1, 0.15) is 46.2 Å². The van der Waals surface area contributed by atoms with Crippen molar-refractivity contribution in [1.82, 2.24) is 15.3 Å². The molecule has 0 spiro atoms. The summed E-state index contributed by atoms with van der Waals surface area (Å²) in [5.74, 6) is 1.01. The lowest BCUT2D eigenvalue weighted by Crippen LogP contribution is -2.39. The summed E-state index contributed by atoms with van der Waals surface area (Å²) in [5, 5.41) is 3.38. The molecule has 18 heavy (non-hydrogen) atoms. The summed E-state index contributed by atoms with van der Waals surface area (Å²) >= 11 is 0. The van der Waals surface area contributed by atoms with Crippen molar-refractivity contribution in [2.45, 2.75) is 58.7 Å². The lowest BCUT2D eigenvalue weighted by molar-refractivity contribution is 0.512. The maximum Gasteiger partial charge on any atom is 0.147 e. The smallest absolute Gasteiger partial charge is 0.147 e. The Morgan fingerprint density at radius 1 is 1.39 bits per heavy atom. The van der Waals surface area contributed by atoms with Gasteiger partial charge in [-0.2, -0.15) is 0 Å². The molecule has 0 saturated carbocycles. The molecule has 1 aliphatic heterocycles. The van der Waals surface area contributed by atoms with Crippen molar-refractivity contribution in [1.29, 1.82) is 0 Å². The van der Waals surface area contributed by atoms with Gasteiger partial charge in [0.05, 0.1) is 11.9 Å². The highest BCUT2D eigenvalue weighted by Crippen LogP contribution is 2.31. The molecule has 0 unspecified atom stereocenters. The second-order valence-electron chi connectivity index (χ2n) is 5.97. The normalized spacial score (nSPS) is 18.6. The van der Waals surface area contributed by atoms with E-state index < -0.39 is 0 Å². The summed E-state index contributed by atoms with van der Waals surface area (Å²) in [5.41, 5.74) is 1.22. The first-order valence-electron chi connectivity index (χ1n) is 6.81. The first kappa shape index (κ1) is 13.3. The molecule has 2 rings (SSSR count). The van der Waals surface area contributed by atoms with E-state index in [9.17, 15) is 0 Å². The third-order valence-corrected chi connectivity index (χ3v) is 3.54. The lowest BCUT2D eigenvalue weighted by atomic mass is 10.0. The van der Waals surface area contributed by atoms with Gasteiger partial charge in [0.25, 0.3) is 0 Å². The molecule has 1 aromatic heterocycles. The zero-order chi connectivity index (χ0) is 13.2. The molecule has 0 aliphatic carbocycles. The van der Waals surface area contributed by atoms with Crippen molar-refractivity contribution in [3.63, 3.8) is 0 Å². The minimum atomic E-state index is 0.207. The molecule has 0 radical (unpaired) electrons. The molecule has 1 fully saturated rings. The fourth-order valence-electron chi connectivity index (χ4n) is 2.45. The minimum absolute atomic E-state index is 0.207. The Balaban J connectivity index is 2.12. The van der Waals surface area contributed by atoms with E-state index in [1.807, 2.05) is 12.4 Å². The summed E-state index contributed by atoms with van der Waals surface area (Å²) in [7, 11) is 0. The molecule has 4 heteroatoms. The van der Waals surface area contributed by atoms with Gasteiger partial charge in [0.1, 0.15) is 5.82 Å². The number of hydrogen-bond acceptors (Lipinski definition) is 4. The minimum Gasteiger partial charge on any atom is -0.350 e. The molecular formula is C14H24N4. The molecule has 2 heterocycles. The number of aromatic nitrogens is 2. The second-order valence-corrected chi connectivity index (χ2v) is 5.97. The van der Waals surface area contributed by atoms with Gasteiger partial charge in [-0.05, 0) is 26.7 Å². The van der Waals surface area contributed by atoms with Crippen molar-refractivity contribution >= 4 is 5.82 Å². The maximum absolute atomic E-state index is 4.72. The van der Waals surface area contributed by atoms with E-state index in [0.717, 1.165) is 24.6 Å². The Labute approximate surface area is 110 Å². The van der Waals surface area contributed by atoms with E-state index in [2.05, 4.69) is 42.9 Å². The van der Waals surface area contributed by atoms with Crippen LogP contribution >= 0.6 is 0 Å². The zero-order valence-corrected chi connectivity index (χ0v) is 11.9. The Morgan fingerprint density at radius 3 is 2.78 bits per heavy atom. The van der Waals surface area contributed by atoms with Gasteiger partial charge in [-0.15, -0.1) is 0 Å². The third-order valence-electron chi connectivity index (χ3n) is 3.54. The molecule has 0 bridgehead atoms. The van der Waals surface area contributed by atoms with E-state index in [1.54, 1.807) is 0 Å². The molecule has 1 aliphatic rings. The summed E-state index contributed by atoms with van der Waals surface area (Å²) in [6, 6.07) is 0.471. The molecule has 0 amide bonds. The topological polar surface area (TPSA) is 41.1 Å². The quantitative estimate of drug-likeness (QED) is 0.888. The standard InChI is InChI=1S/C14H24N4/c1-11(2)16-9-12-8-15-10-13(17-12)18-7-5-6-14(18,3)4/h8,10-11,16H,5-7,9H2,1-4H3. The van der Waals surface area contributed by atoms with Gasteiger partial charge in [0, 0.05) is 30.9 Å². The van der Waals surface area contributed by atoms with Crippen molar-refractivity contribution in [2.75, 3.05) is 11.4 Å². The average Bonchev–Trinajstić information content (AvgIpc) is 2.67. The SMILES string of the molecule is CC(C)NCc1cncc(N2CCCC2(C)C)n1. The Kier molecular flexibility index (Phi) is 3.85. The third kappa shape index (κ3) is 2.99. The molecule has 0 aromatic carbocycles. The van der Waals surface area contributed by atoms with Gasteiger partial charge in [-0.25, -0.2) is 4.98 Å². The highest BCUT2D eigenvalue weighted by molar-refractivity contribution is 5.41. The van der Waals surface area contributed by atoms with Crippen LogP contribution in [0.5, 0.6) is 0 Å². The van der Waals surface area contributed by atoms with Crippen LogP contribution in [0.3, 0.4) is 0 Å². The molecule has 4 nitrogen and oxygen atoms in total. The van der Waals surface area contributed by atoms with Gasteiger partial charge in [0.2, 0.25) is 0 Å². The van der Waals surface area contributed by atoms with E-state index in [-0.39, 0.29) is 5.54 Å². The Morgan fingerprint density at radius 2 is 2.17 bits per heavy atom. The number of hydrogen-bond donors (Lipinski definition) is 1. The predicted octanol–water partition coefficient (Wildman–Crippen LogP) is 2.35. The highest BCUT2D eigenvalue weighted by atomic mass is 15.3. The summed E-state index contributed by atoms with van der Waals surface area (Å²) < 4.78 is 0. The van der Waals surface area contributed by atoms with Crippen molar-refractivity contribution in [2.24, 2.45) is 0 Å². The van der Waals surface area contributed by atoms with Gasteiger partial charge in [-0.3, -0.25) is 4.98 Å². The molecule has 0 atom stereocenters. The monoisotopic (exact) mass is 248 g/mol. The van der Waals surface area contributed by atoms with Crippen molar-refractivity contribution in [3.05, 3.63) is 18.1 Å². The first-order valence-corrected chi connectivity index (χ1v) is 6.81. The molecule has 1 N–H and O–H groups in total. The fraction of sp³-hybridized carbons (Fsp3) is 0.714. The van der Waals surface area contributed by atoms with E-state index >= 15 is 0 Å². The predicted molar refractivity (Wildman–Crippen MR) is 74.7 cm³/mol. The summed E-state index contributed by atoms with van der Waals surface area (Å²) in [6.45, 7) is 10.7. The van der Waals surface area contributed by atoms with Gasteiger partial charge in [-0.1, -0.05) is 13.8 Å². The van der Waals surface area contributed by atoms with Crippen LogP contribution in [0.4, 0.5) is 5.82 Å². The second kappa shape index (κ2) is 5.22. The van der Waals surface area contributed by atoms with E-state index in [0.29, 0.717) is 6.04 Å². The van der Waals surface area contributed by atoms with E-state index in [1.165, 1.54) is 12.8 Å². The van der Waals surface area contributed by atoms with Crippen LogP contribution < -0.4 is 10.2 Å². The fourth-order valence-corrected chi connectivity index (χ4v) is 2.45. The van der Waals surface area contributed by atoms with Crippen LogP contribution in [0, 0.1) is 0 Å². The molecule has 100 valence electrons. The van der Waals surface area contributed by atoms with Gasteiger partial charge >= 0.3 is 0 Å². The summed E-state index contributed by atoms with van der Waals surface area (Å²) in [4.78, 5) is 11.4. The zero-order valence-electron chi connectivity index (χ0n) is 11.9. The van der Waals surface area contributed by atoms with Gasteiger partial charge < -0.3 is 10.2 Å². The van der Waals surface area contributed by atoms with Crippen LogP contribution in [-0.2, 0) is 6.54 Å². The largest absolute Gasteiger partial charge is 0.350 e. The van der Waals surface area contributed by atoms with Crippen molar-refractivity contribution < 1.29 is 0 Å². The molecular weight excluding hydrogens is 224 g/mol. The van der Waals surface area contributed by atoms with Gasteiger partial charge in [0.15, 0.2) is 0 Å². The molecule has 1 saturated heterocycles. The Hall–Kier alpha value is -1.16. The number of nitrogens with zero attached hydrogens (tertiary/aromatic N) is 3. The van der Waals surface area contributed by atoms with Crippen LogP contribution in [0.25, 0.3) is 0 Å². The average molecular weight is 248 g/mol. The van der Waals surface area contributed by atoms with E-state index in [4.69, 9.17) is 4.98 Å².